The van der Waals surface area contributed by atoms with Gasteiger partial charge in [0, 0.05) is 0 Å². The summed E-state index contributed by atoms with van der Waals surface area (Å²) in [7, 11) is 0. The molecule has 1 saturated heterocycles. The molecule has 2 fully saturated rings. The second kappa shape index (κ2) is 4.52. The predicted molar refractivity (Wildman–Crippen MR) is 58.5 cm³/mol. The summed E-state index contributed by atoms with van der Waals surface area (Å²) in [6, 6.07) is 0. The van der Waals surface area contributed by atoms with E-state index in [1.54, 1.807) is 0 Å². The fourth-order valence-electron chi connectivity index (χ4n) is 2.24. The summed E-state index contributed by atoms with van der Waals surface area (Å²) in [6.07, 6.45) is 5.28. The van der Waals surface area contributed by atoms with Crippen molar-refractivity contribution in [2.24, 2.45) is 11.3 Å². The van der Waals surface area contributed by atoms with Gasteiger partial charge in [0.15, 0.2) is 0 Å². The first-order valence-corrected chi connectivity index (χ1v) is 6.15. The number of hydrogen-bond donors (Lipinski definition) is 1. The Morgan fingerprint density at radius 3 is 2.60 bits per heavy atom. The number of ether oxygens (including phenoxy) is 1. The lowest BCUT2D eigenvalue weighted by Crippen LogP contribution is -2.42. The third-order valence-corrected chi connectivity index (χ3v) is 3.82. The van der Waals surface area contributed by atoms with E-state index in [2.05, 4.69) is 12.2 Å². The number of esters is 1. The molecular formula is C12H21NO2. The molecular weight excluding hydrogens is 190 g/mol. The van der Waals surface area contributed by atoms with Crippen LogP contribution in [0, 0.1) is 11.3 Å². The minimum atomic E-state index is -0.180. The number of hydrogen-bond acceptors (Lipinski definition) is 3. The van der Waals surface area contributed by atoms with Gasteiger partial charge in [-0.3, -0.25) is 4.79 Å². The van der Waals surface area contributed by atoms with Gasteiger partial charge in [0.1, 0.15) is 0 Å². The molecule has 1 N–H and O–H groups in total. The molecule has 0 spiro atoms. The Morgan fingerprint density at radius 1 is 1.40 bits per heavy atom. The van der Waals surface area contributed by atoms with Gasteiger partial charge in [-0.25, -0.2) is 0 Å². The summed E-state index contributed by atoms with van der Waals surface area (Å²) in [5.74, 6) is 0.725. The normalized spacial score (nSPS) is 24.9. The van der Waals surface area contributed by atoms with Gasteiger partial charge in [0.05, 0.1) is 12.0 Å². The van der Waals surface area contributed by atoms with Crippen LogP contribution in [0.15, 0.2) is 0 Å². The average molecular weight is 211 g/mol. The zero-order valence-electron chi connectivity index (χ0n) is 9.55. The Hall–Kier alpha value is -0.570. The summed E-state index contributed by atoms with van der Waals surface area (Å²) < 4.78 is 5.43. The summed E-state index contributed by atoms with van der Waals surface area (Å²) in [5.41, 5.74) is -0.180. The van der Waals surface area contributed by atoms with Gasteiger partial charge in [-0.15, -0.1) is 0 Å². The van der Waals surface area contributed by atoms with Gasteiger partial charge in [-0.05, 0) is 51.1 Å². The van der Waals surface area contributed by atoms with Crippen molar-refractivity contribution in [3.8, 4) is 0 Å². The molecule has 0 aromatic rings. The lowest BCUT2D eigenvalue weighted by molar-refractivity contribution is -0.158. The zero-order valence-corrected chi connectivity index (χ0v) is 9.55. The molecule has 0 bridgehead atoms. The molecule has 3 heteroatoms. The van der Waals surface area contributed by atoms with Crippen molar-refractivity contribution in [1.29, 1.82) is 0 Å². The quantitative estimate of drug-likeness (QED) is 0.720. The summed E-state index contributed by atoms with van der Waals surface area (Å²) in [5, 5.41) is 3.30. The van der Waals surface area contributed by atoms with Crippen LogP contribution in [0.3, 0.4) is 0 Å². The fourth-order valence-corrected chi connectivity index (χ4v) is 2.24. The first-order chi connectivity index (χ1) is 7.27. The Balaban J connectivity index is 1.87. The number of carbonyl (C=O) groups is 1. The highest BCUT2D eigenvalue weighted by molar-refractivity contribution is 5.77. The molecule has 1 aliphatic carbocycles. The van der Waals surface area contributed by atoms with E-state index in [1.165, 1.54) is 12.8 Å². The summed E-state index contributed by atoms with van der Waals surface area (Å²) in [4.78, 5) is 12.0. The van der Waals surface area contributed by atoms with Crippen molar-refractivity contribution in [2.75, 3.05) is 19.7 Å². The molecule has 3 nitrogen and oxygen atoms in total. The van der Waals surface area contributed by atoms with E-state index in [9.17, 15) is 4.79 Å². The Kier molecular flexibility index (Phi) is 3.29. The monoisotopic (exact) mass is 211 g/mol. The Morgan fingerprint density at radius 2 is 2.07 bits per heavy atom. The highest BCUT2D eigenvalue weighted by atomic mass is 16.5. The van der Waals surface area contributed by atoms with Crippen LogP contribution in [0.5, 0.6) is 0 Å². The van der Waals surface area contributed by atoms with E-state index in [4.69, 9.17) is 4.74 Å². The van der Waals surface area contributed by atoms with Gasteiger partial charge in [-0.2, -0.15) is 0 Å². The van der Waals surface area contributed by atoms with Gasteiger partial charge in [0.2, 0.25) is 0 Å². The van der Waals surface area contributed by atoms with Crippen molar-refractivity contribution in [3.63, 3.8) is 0 Å². The second-order valence-electron chi connectivity index (χ2n) is 4.93. The number of carbonyl (C=O) groups excluding carboxylic acids is 1. The highest BCUT2D eigenvalue weighted by Gasteiger charge is 2.39. The predicted octanol–water partition coefficient (Wildman–Crippen LogP) is 1.72. The maximum Gasteiger partial charge on any atom is 0.312 e. The van der Waals surface area contributed by atoms with Crippen LogP contribution in [0.2, 0.25) is 0 Å². The SMILES string of the molecule is CCC1(C(=O)OCC2CC2)CCNCC1. The third kappa shape index (κ3) is 2.51. The average Bonchev–Trinajstić information content (AvgIpc) is 3.10. The Labute approximate surface area is 91.6 Å². The van der Waals surface area contributed by atoms with E-state index < -0.39 is 0 Å². The molecule has 1 heterocycles. The van der Waals surface area contributed by atoms with Crippen molar-refractivity contribution in [1.82, 2.24) is 5.32 Å². The fraction of sp³-hybridized carbons (Fsp3) is 0.917. The van der Waals surface area contributed by atoms with E-state index in [0.29, 0.717) is 12.5 Å². The van der Waals surface area contributed by atoms with E-state index >= 15 is 0 Å². The van der Waals surface area contributed by atoms with Crippen molar-refractivity contribution < 1.29 is 9.53 Å². The second-order valence-corrected chi connectivity index (χ2v) is 4.93. The van der Waals surface area contributed by atoms with Crippen LogP contribution < -0.4 is 5.32 Å². The highest BCUT2D eigenvalue weighted by Crippen LogP contribution is 2.35. The van der Waals surface area contributed by atoms with Crippen molar-refractivity contribution in [2.45, 2.75) is 39.0 Å². The lowest BCUT2D eigenvalue weighted by Gasteiger charge is -2.34. The van der Waals surface area contributed by atoms with Crippen LogP contribution in [0.25, 0.3) is 0 Å². The largest absolute Gasteiger partial charge is 0.465 e. The minimum Gasteiger partial charge on any atom is -0.465 e. The first kappa shape index (κ1) is 10.9. The van der Waals surface area contributed by atoms with Crippen molar-refractivity contribution in [3.05, 3.63) is 0 Å². The molecule has 0 unspecified atom stereocenters. The van der Waals surface area contributed by atoms with E-state index in [1.807, 2.05) is 0 Å². The van der Waals surface area contributed by atoms with E-state index in [0.717, 1.165) is 32.4 Å². The molecule has 0 radical (unpaired) electrons. The van der Waals surface area contributed by atoms with Crippen molar-refractivity contribution >= 4 is 5.97 Å². The summed E-state index contributed by atoms with van der Waals surface area (Å²) in [6.45, 7) is 4.66. The van der Waals surface area contributed by atoms with Gasteiger partial charge < -0.3 is 10.1 Å². The maximum absolute atomic E-state index is 12.0. The van der Waals surface area contributed by atoms with Crippen LogP contribution in [-0.4, -0.2) is 25.7 Å². The molecule has 2 aliphatic rings. The van der Waals surface area contributed by atoms with Crippen LogP contribution in [-0.2, 0) is 9.53 Å². The molecule has 0 aromatic heterocycles. The van der Waals surface area contributed by atoms with E-state index in [-0.39, 0.29) is 11.4 Å². The van der Waals surface area contributed by atoms with Crippen LogP contribution in [0.4, 0.5) is 0 Å². The summed E-state index contributed by atoms with van der Waals surface area (Å²) >= 11 is 0. The van der Waals surface area contributed by atoms with Crippen LogP contribution in [0.1, 0.15) is 39.0 Å². The number of rotatable bonds is 4. The molecule has 15 heavy (non-hydrogen) atoms. The topological polar surface area (TPSA) is 38.3 Å². The molecule has 1 aliphatic heterocycles. The molecule has 0 atom stereocenters. The first-order valence-electron chi connectivity index (χ1n) is 6.15. The molecule has 86 valence electrons. The number of nitrogens with one attached hydrogen (secondary N) is 1. The lowest BCUT2D eigenvalue weighted by atomic mass is 9.77. The smallest absolute Gasteiger partial charge is 0.312 e. The van der Waals surface area contributed by atoms with Gasteiger partial charge >= 0.3 is 5.97 Å². The van der Waals surface area contributed by atoms with Crippen LogP contribution >= 0.6 is 0 Å². The molecule has 2 rings (SSSR count). The van der Waals surface area contributed by atoms with Gasteiger partial charge in [0.25, 0.3) is 0 Å². The zero-order chi connectivity index (χ0) is 10.7. The number of piperidine rings is 1. The molecule has 0 aromatic carbocycles. The molecule has 0 amide bonds. The third-order valence-electron chi connectivity index (χ3n) is 3.82. The minimum absolute atomic E-state index is 0.0541. The molecule has 1 saturated carbocycles. The Bertz CT molecular complexity index is 230. The van der Waals surface area contributed by atoms with Gasteiger partial charge in [-0.1, -0.05) is 6.92 Å². The standard InChI is InChI=1S/C12H21NO2/c1-2-12(5-7-13-8-6-12)11(14)15-9-10-3-4-10/h10,13H,2-9H2,1H3. The maximum atomic E-state index is 12.0.